The minimum atomic E-state index is -1.16. The van der Waals surface area contributed by atoms with Gasteiger partial charge in [-0.1, -0.05) is 37.8 Å². The molecule has 0 aromatic heterocycles. The van der Waals surface area contributed by atoms with Crippen LogP contribution in [0.3, 0.4) is 0 Å². The first kappa shape index (κ1) is 14.4. The van der Waals surface area contributed by atoms with E-state index < -0.39 is 17.4 Å². The molecule has 1 fully saturated rings. The molecule has 108 valence electrons. The van der Waals surface area contributed by atoms with E-state index in [0.29, 0.717) is 24.1 Å². The predicted molar refractivity (Wildman–Crippen MR) is 76.4 cm³/mol. The molecule has 1 aliphatic rings. The first-order valence-electron chi connectivity index (χ1n) is 6.95. The third-order valence-corrected chi connectivity index (χ3v) is 3.92. The van der Waals surface area contributed by atoms with E-state index >= 15 is 0 Å². The number of carbonyl (C=O) groups is 2. The molecule has 0 atom stereocenters. The highest BCUT2D eigenvalue weighted by molar-refractivity contribution is 6.01. The van der Waals surface area contributed by atoms with Gasteiger partial charge in [0.15, 0.2) is 0 Å². The average molecular weight is 276 g/mol. The number of carbonyl (C=O) groups excluding carboxylic acids is 1. The number of anilines is 1. The number of nitrogen functional groups attached to an aromatic ring is 1. The van der Waals surface area contributed by atoms with Crippen LogP contribution in [0.25, 0.3) is 0 Å². The monoisotopic (exact) mass is 276 g/mol. The first-order valence-corrected chi connectivity index (χ1v) is 6.95. The lowest BCUT2D eigenvalue weighted by Gasteiger charge is -2.29. The first-order chi connectivity index (χ1) is 9.55. The second-order valence-electron chi connectivity index (χ2n) is 5.34. The van der Waals surface area contributed by atoms with Crippen molar-refractivity contribution in [3.63, 3.8) is 0 Å². The van der Waals surface area contributed by atoms with E-state index in [-0.39, 0.29) is 0 Å². The SMILES string of the molecule is Nc1ccccc1C(=O)NC1(C(=O)O)CCCCCC1. The van der Waals surface area contributed by atoms with Crippen LogP contribution in [0.4, 0.5) is 5.69 Å². The number of carboxylic acid groups (broad SMARTS) is 1. The smallest absolute Gasteiger partial charge is 0.329 e. The van der Waals surface area contributed by atoms with Crippen LogP contribution in [0.15, 0.2) is 24.3 Å². The van der Waals surface area contributed by atoms with Gasteiger partial charge in [-0.2, -0.15) is 0 Å². The second-order valence-corrected chi connectivity index (χ2v) is 5.34. The van der Waals surface area contributed by atoms with Crippen LogP contribution in [0.2, 0.25) is 0 Å². The quantitative estimate of drug-likeness (QED) is 0.582. The molecule has 1 aromatic rings. The van der Waals surface area contributed by atoms with Gasteiger partial charge in [0.25, 0.3) is 5.91 Å². The van der Waals surface area contributed by atoms with Crippen LogP contribution in [0, 0.1) is 0 Å². The molecular weight excluding hydrogens is 256 g/mol. The van der Waals surface area contributed by atoms with Crippen molar-refractivity contribution in [3.05, 3.63) is 29.8 Å². The fourth-order valence-electron chi connectivity index (χ4n) is 2.71. The van der Waals surface area contributed by atoms with Gasteiger partial charge in [0, 0.05) is 5.69 Å². The predicted octanol–water partition coefficient (Wildman–Crippen LogP) is 2.18. The number of rotatable bonds is 3. The zero-order valence-corrected chi connectivity index (χ0v) is 11.4. The molecule has 1 aliphatic carbocycles. The van der Waals surface area contributed by atoms with E-state index in [1.54, 1.807) is 24.3 Å². The Labute approximate surface area is 118 Å². The fraction of sp³-hybridized carbons (Fsp3) is 0.467. The molecule has 0 radical (unpaired) electrons. The van der Waals surface area contributed by atoms with Crippen LogP contribution >= 0.6 is 0 Å². The Morgan fingerprint density at radius 3 is 2.25 bits per heavy atom. The van der Waals surface area contributed by atoms with Gasteiger partial charge in [-0.3, -0.25) is 4.79 Å². The van der Waals surface area contributed by atoms with Crippen molar-refractivity contribution in [1.29, 1.82) is 0 Å². The van der Waals surface area contributed by atoms with E-state index in [4.69, 9.17) is 5.73 Å². The Balaban J connectivity index is 2.22. The Morgan fingerprint density at radius 1 is 1.10 bits per heavy atom. The van der Waals surface area contributed by atoms with Gasteiger partial charge in [0.2, 0.25) is 0 Å². The lowest BCUT2D eigenvalue weighted by molar-refractivity contribution is -0.145. The molecule has 0 unspecified atom stereocenters. The van der Waals surface area contributed by atoms with Crippen LogP contribution in [0.5, 0.6) is 0 Å². The van der Waals surface area contributed by atoms with Crippen molar-refractivity contribution < 1.29 is 14.7 Å². The van der Waals surface area contributed by atoms with Gasteiger partial charge in [-0.05, 0) is 25.0 Å². The van der Waals surface area contributed by atoms with E-state index in [9.17, 15) is 14.7 Å². The molecule has 1 amide bonds. The summed E-state index contributed by atoms with van der Waals surface area (Å²) in [4.78, 5) is 23.9. The number of aliphatic carboxylic acids is 1. The maximum absolute atomic E-state index is 12.3. The zero-order chi connectivity index (χ0) is 14.6. The van der Waals surface area contributed by atoms with Crippen molar-refractivity contribution in [3.8, 4) is 0 Å². The third-order valence-electron chi connectivity index (χ3n) is 3.92. The van der Waals surface area contributed by atoms with Crippen LogP contribution in [-0.4, -0.2) is 22.5 Å². The molecule has 5 heteroatoms. The second kappa shape index (κ2) is 5.94. The number of carboxylic acids is 1. The molecule has 1 aromatic carbocycles. The molecule has 0 saturated heterocycles. The van der Waals surface area contributed by atoms with Crippen LogP contribution in [0.1, 0.15) is 48.9 Å². The minimum Gasteiger partial charge on any atom is -0.480 e. The molecular formula is C15H20N2O3. The number of nitrogens with one attached hydrogen (secondary N) is 1. The van der Waals surface area contributed by atoms with Gasteiger partial charge < -0.3 is 16.2 Å². The largest absolute Gasteiger partial charge is 0.480 e. The number of nitrogens with two attached hydrogens (primary N) is 1. The summed E-state index contributed by atoms with van der Waals surface area (Å²) in [6.45, 7) is 0. The maximum atomic E-state index is 12.3. The van der Waals surface area contributed by atoms with Crippen molar-refractivity contribution in [2.24, 2.45) is 0 Å². The number of hydrogen-bond acceptors (Lipinski definition) is 3. The highest BCUT2D eigenvalue weighted by atomic mass is 16.4. The van der Waals surface area contributed by atoms with Crippen molar-refractivity contribution in [1.82, 2.24) is 5.32 Å². The summed E-state index contributed by atoms with van der Waals surface area (Å²) in [6.07, 6.45) is 4.60. The van der Waals surface area contributed by atoms with Gasteiger partial charge in [-0.15, -0.1) is 0 Å². The summed E-state index contributed by atoms with van der Waals surface area (Å²) < 4.78 is 0. The molecule has 0 spiro atoms. The van der Waals surface area contributed by atoms with Gasteiger partial charge in [-0.25, -0.2) is 4.79 Å². The Hall–Kier alpha value is -2.04. The number of hydrogen-bond donors (Lipinski definition) is 3. The van der Waals surface area contributed by atoms with Crippen LogP contribution < -0.4 is 11.1 Å². The van der Waals surface area contributed by atoms with Gasteiger partial charge in [0.1, 0.15) is 5.54 Å². The summed E-state index contributed by atoms with van der Waals surface area (Å²) in [6, 6.07) is 6.70. The summed E-state index contributed by atoms with van der Waals surface area (Å²) in [5, 5.41) is 12.2. The highest BCUT2D eigenvalue weighted by Crippen LogP contribution is 2.28. The highest BCUT2D eigenvalue weighted by Gasteiger charge is 2.40. The summed E-state index contributed by atoms with van der Waals surface area (Å²) >= 11 is 0. The average Bonchev–Trinajstić information content (AvgIpc) is 2.65. The molecule has 0 heterocycles. The normalized spacial score (nSPS) is 18.0. The van der Waals surface area contributed by atoms with Crippen molar-refractivity contribution in [2.75, 3.05) is 5.73 Å². The van der Waals surface area contributed by atoms with Gasteiger partial charge in [0.05, 0.1) is 5.56 Å². The lowest BCUT2D eigenvalue weighted by atomic mass is 9.89. The molecule has 0 bridgehead atoms. The van der Waals surface area contributed by atoms with Crippen molar-refractivity contribution >= 4 is 17.6 Å². The van der Waals surface area contributed by atoms with E-state index in [0.717, 1.165) is 25.7 Å². The lowest BCUT2D eigenvalue weighted by Crippen LogP contribution is -2.54. The third kappa shape index (κ3) is 2.92. The Bertz CT molecular complexity index is 506. The topological polar surface area (TPSA) is 92.4 Å². The molecule has 0 aliphatic heterocycles. The number of para-hydroxylation sites is 1. The fourth-order valence-corrected chi connectivity index (χ4v) is 2.71. The zero-order valence-electron chi connectivity index (χ0n) is 11.4. The minimum absolute atomic E-state index is 0.331. The number of benzene rings is 1. The van der Waals surface area contributed by atoms with Crippen LogP contribution in [-0.2, 0) is 4.79 Å². The summed E-state index contributed by atoms with van der Waals surface area (Å²) in [5.74, 6) is -1.37. The Morgan fingerprint density at radius 2 is 1.70 bits per heavy atom. The number of amides is 1. The van der Waals surface area contributed by atoms with Crippen molar-refractivity contribution in [2.45, 2.75) is 44.1 Å². The maximum Gasteiger partial charge on any atom is 0.329 e. The van der Waals surface area contributed by atoms with E-state index in [1.807, 2.05) is 0 Å². The van der Waals surface area contributed by atoms with E-state index in [2.05, 4.69) is 5.32 Å². The van der Waals surface area contributed by atoms with Gasteiger partial charge >= 0.3 is 5.97 Å². The molecule has 4 N–H and O–H groups in total. The molecule has 2 rings (SSSR count). The summed E-state index contributed by atoms with van der Waals surface area (Å²) in [5.41, 5.74) is 5.30. The Kier molecular flexibility index (Phi) is 4.27. The molecule has 1 saturated carbocycles. The summed E-state index contributed by atoms with van der Waals surface area (Å²) in [7, 11) is 0. The van der Waals surface area contributed by atoms with E-state index in [1.165, 1.54) is 0 Å². The molecule has 20 heavy (non-hydrogen) atoms. The standard InChI is InChI=1S/C15H20N2O3/c16-12-8-4-3-7-11(12)13(18)17-15(14(19)20)9-5-1-2-6-10-15/h3-4,7-8H,1-2,5-6,9-10,16H2,(H,17,18)(H,19,20). The molecule has 5 nitrogen and oxygen atoms in total.